The van der Waals surface area contributed by atoms with Crippen molar-refractivity contribution in [1.29, 1.82) is 0 Å². The lowest BCUT2D eigenvalue weighted by Crippen LogP contribution is -2.40. The molecule has 0 radical (unpaired) electrons. The molecule has 0 saturated carbocycles. The topological polar surface area (TPSA) is 98.9 Å². The van der Waals surface area contributed by atoms with E-state index in [0.717, 1.165) is 22.6 Å². The molecule has 0 spiro atoms. The maximum atomic E-state index is 13.5. The molecule has 2 atom stereocenters. The monoisotopic (exact) mass is 570 g/mol. The van der Waals surface area contributed by atoms with Crippen molar-refractivity contribution >= 4 is 17.5 Å². The second kappa shape index (κ2) is 13.0. The van der Waals surface area contributed by atoms with Gasteiger partial charge in [-0.3, -0.25) is 9.36 Å². The molecular formula is C30H39ClN4O5. The van der Waals surface area contributed by atoms with Crippen molar-refractivity contribution in [2.75, 3.05) is 27.3 Å². The van der Waals surface area contributed by atoms with E-state index < -0.39 is 12.2 Å². The average molecular weight is 571 g/mol. The number of likely N-dealkylation sites (tertiary alicyclic amines) is 1. The lowest BCUT2D eigenvalue weighted by Gasteiger charge is -2.31. The van der Waals surface area contributed by atoms with Crippen molar-refractivity contribution in [3.05, 3.63) is 64.2 Å². The fourth-order valence-electron chi connectivity index (χ4n) is 5.28. The Bertz CT molecular complexity index is 1320. The summed E-state index contributed by atoms with van der Waals surface area (Å²) >= 11 is 6.52. The lowest BCUT2D eigenvalue weighted by molar-refractivity contribution is -0.137. The van der Waals surface area contributed by atoms with Crippen molar-refractivity contribution in [3.8, 4) is 17.2 Å². The zero-order chi connectivity index (χ0) is 29.0. The van der Waals surface area contributed by atoms with E-state index in [1.54, 1.807) is 19.1 Å². The molecule has 3 heterocycles. The molecule has 216 valence electrons. The number of benzene rings is 2. The van der Waals surface area contributed by atoms with E-state index in [0.29, 0.717) is 48.3 Å². The van der Waals surface area contributed by atoms with Gasteiger partial charge in [0.15, 0.2) is 17.3 Å². The minimum Gasteiger partial charge on any atom is -0.493 e. The van der Waals surface area contributed by atoms with Crippen LogP contribution in [0.25, 0.3) is 5.69 Å². The number of carbonyl (C=O) groups excluding carboxylic acids is 1. The Morgan fingerprint density at radius 2 is 1.82 bits per heavy atom. The molecule has 1 fully saturated rings. The van der Waals surface area contributed by atoms with E-state index in [-0.39, 0.29) is 24.3 Å². The zero-order valence-corrected chi connectivity index (χ0v) is 24.8. The van der Waals surface area contributed by atoms with Crippen molar-refractivity contribution in [1.82, 2.24) is 19.7 Å². The SMILES string of the molecule is CC.COc1cccc(C2OC(CC(=O)N3CCC(O)CC3)c3nnc(C(C)C)n3-c3ccc(Cl)cc32)c1OC. The summed E-state index contributed by atoms with van der Waals surface area (Å²) < 4.78 is 20.2. The fraction of sp³-hybridized carbons (Fsp3) is 0.500. The third-order valence-electron chi connectivity index (χ3n) is 7.22. The number of rotatable bonds is 6. The third-order valence-corrected chi connectivity index (χ3v) is 7.46. The van der Waals surface area contributed by atoms with Crippen LogP contribution in [-0.4, -0.2) is 64.1 Å². The fourth-order valence-corrected chi connectivity index (χ4v) is 5.46. The van der Waals surface area contributed by atoms with E-state index in [1.807, 2.05) is 54.8 Å². The number of ether oxygens (including phenoxy) is 3. The first-order valence-electron chi connectivity index (χ1n) is 13.9. The molecule has 9 nitrogen and oxygen atoms in total. The molecule has 1 aromatic heterocycles. The van der Waals surface area contributed by atoms with E-state index in [9.17, 15) is 9.90 Å². The van der Waals surface area contributed by atoms with Gasteiger partial charge in [-0.2, -0.15) is 0 Å². The van der Waals surface area contributed by atoms with Crippen molar-refractivity contribution < 1.29 is 24.1 Å². The van der Waals surface area contributed by atoms with E-state index >= 15 is 0 Å². The minimum absolute atomic E-state index is 0.0529. The van der Waals surface area contributed by atoms with Gasteiger partial charge in [-0.25, -0.2) is 0 Å². The van der Waals surface area contributed by atoms with Gasteiger partial charge in [0.2, 0.25) is 5.91 Å². The summed E-state index contributed by atoms with van der Waals surface area (Å²) in [6, 6.07) is 11.3. The highest BCUT2D eigenvalue weighted by atomic mass is 35.5. The molecule has 5 rings (SSSR count). The summed E-state index contributed by atoms with van der Waals surface area (Å²) in [4.78, 5) is 15.3. The van der Waals surface area contributed by atoms with Gasteiger partial charge in [0.1, 0.15) is 18.0 Å². The number of aliphatic hydroxyl groups excluding tert-OH is 1. The van der Waals surface area contributed by atoms with Crippen LogP contribution in [0, 0.1) is 0 Å². The smallest absolute Gasteiger partial charge is 0.225 e. The number of piperidine rings is 1. The Kier molecular flexibility index (Phi) is 9.71. The van der Waals surface area contributed by atoms with Crippen LogP contribution in [0.15, 0.2) is 36.4 Å². The van der Waals surface area contributed by atoms with Crippen LogP contribution in [-0.2, 0) is 9.53 Å². The summed E-state index contributed by atoms with van der Waals surface area (Å²) in [6.45, 7) is 9.14. The molecule has 40 heavy (non-hydrogen) atoms. The number of hydrogen-bond donors (Lipinski definition) is 1. The van der Waals surface area contributed by atoms with Crippen molar-refractivity contribution in [2.24, 2.45) is 0 Å². The molecule has 2 aliphatic heterocycles. The lowest BCUT2D eigenvalue weighted by atomic mass is 9.98. The maximum absolute atomic E-state index is 13.5. The quantitative estimate of drug-likeness (QED) is 0.410. The van der Waals surface area contributed by atoms with Crippen LogP contribution in [0.1, 0.15) is 87.9 Å². The molecule has 2 aliphatic rings. The number of aromatic nitrogens is 3. The Labute approximate surface area is 241 Å². The molecule has 0 bridgehead atoms. The van der Waals surface area contributed by atoms with E-state index in [4.69, 9.17) is 25.8 Å². The predicted molar refractivity (Wildman–Crippen MR) is 153 cm³/mol. The van der Waals surface area contributed by atoms with Crippen LogP contribution in [0.3, 0.4) is 0 Å². The van der Waals surface area contributed by atoms with Crippen LogP contribution in [0.5, 0.6) is 11.5 Å². The van der Waals surface area contributed by atoms with Crippen LogP contribution in [0.4, 0.5) is 0 Å². The number of fused-ring (bicyclic) bond motifs is 3. The molecule has 0 aliphatic carbocycles. The van der Waals surface area contributed by atoms with Gasteiger partial charge < -0.3 is 24.2 Å². The number of aliphatic hydroxyl groups is 1. The van der Waals surface area contributed by atoms with Gasteiger partial charge in [0.05, 0.1) is 32.4 Å². The Balaban J connectivity index is 0.00000181. The first kappa shape index (κ1) is 29.8. The first-order valence-corrected chi connectivity index (χ1v) is 14.3. The molecule has 1 amide bonds. The number of nitrogens with zero attached hydrogens (tertiary/aromatic N) is 4. The second-order valence-corrected chi connectivity index (χ2v) is 10.4. The van der Waals surface area contributed by atoms with Crippen molar-refractivity contribution in [2.45, 2.75) is 71.2 Å². The molecule has 10 heteroatoms. The van der Waals surface area contributed by atoms with Crippen LogP contribution < -0.4 is 9.47 Å². The Morgan fingerprint density at radius 3 is 2.48 bits per heavy atom. The standard InChI is InChI=1S/C28H33ClN4O5.C2H6/c1-16(2)27-30-31-28-23(15-24(35)32-12-10-18(34)11-13-32)38-25(19-6-5-7-22(36-3)26(19)37-4)20-14-17(29)8-9-21(20)33(27)28;1-2/h5-9,14,16,18,23,25,34H,10-13,15H2,1-4H3;1-2H3. The summed E-state index contributed by atoms with van der Waals surface area (Å²) in [5.74, 6) is 2.47. The highest BCUT2D eigenvalue weighted by molar-refractivity contribution is 6.30. The van der Waals surface area contributed by atoms with Gasteiger partial charge in [0.25, 0.3) is 0 Å². The maximum Gasteiger partial charge on any atom is 0.225 e. The minimum atomic E-state index is -0.693. The molecule has 3 aromatic rings. The number of methoxy groups -OCH3 is 2. The molecule has 1 saturated heterocycles. The molecule has 2 aromatic carbocycles. The van der Waals surface area contributed by atoms with E-state index in [2.05, 4.69) is 24.0 Å². The largest absolute Gasteiger partial charge is 0.493 e. The normalized spacial score (nSPS) is 18.8. The Hall–Kier alpha value is -3.14. The van der Waals surface area contributed by atoms with Gasteiger partial charge in [0, 0.05) is 35.2 Å². The number of halogens is 1. The number of carbonyl (C=O) groups is 1. The molecule has 1 N–H and O–H groups in total. The third kappa shape index (κ3) is 5.82. The predicted octanol–water partition coefficient (Wildman–Crippen LogP) is 5.62. The average Bonchev–Trinajstić information content (AvgIpc) is 3.36. The summed E-state index contributed by atoms with van der Waals surface area (Å²) in [6.07, 6.45) is -0.472. The summed E-state index contributed by atoms with van der Waals surface area (Å²) in [5, 5.41) is 19.5. The van der Waals surface area contributed by atoms with Crippen LogP contribution in [0.2, 0.25) is 5.02 Å². The highest BCUT2D eigenvalue weighted by Crippen LogP contribution is 2.46. The Morgan fingerprint density at radius 1 is 1.10 bits per heavy atom. The number of amides is 1. The highest BCUT2D eigenvalue weighted by Gasteiger charge is 2.38. The zero-order valence-electron chi connectivity index (χ0n) is 24.1. The molecular weight excluding hydrogens is 532 g/mol. The van der Waals surface area contributed by atoms with E-state index in [1.165, 1.54) is 0 Å². The number of hydrogen-bond acceptors (Lipinski definition) is 7. The van der Waals surface area contributed by atoms with Crippen molar-refractivity contribution in [3.63, 3.8) is 0 Å². The number of para-hydroxylation sites is 1. The second-order valence-electron chi connectivity index (χ2n) is 10.0. The van der Waals surface area contributed by atoms with Crippen LogP contribution >= 0.6 is 11.6 Å². The first-order chi connectivity index (χ1) is 19.3. The van der Waals surface area contributed by atoms with Gasteiger partial charge in [-0.15, -0.1) is 10.2 Å². The molecule has 2 unspecified atom stereocenters. The van der Waals surface area contributed by atoms with Gasteiger partial charge in [-0.05, 0) is 37.1 Å². The summed E-state index contributed by atoms with van der Waals surface area (Å²) in [5.41, 5.74) is 2.39. The summed E-state index contributed by atoms with van der Waals surface area (Å²) in [7, 11) is 3.18. The van der Waals surface area contributed by atoms with Gasteiger partial charge >= 0.3 is 0 Å². The van der Waals surface area contributed by atoms with Gasteiger partial charge in [-0.1, -0.05) is 51.4 Å².